The SMILES string of the molecule is O=C(CN(Cc1ccccc1)C(=O)c1ccc(F)c(Cl)c1)N1CCNCC1. The van der Waals surface area contributed by atoms with Gasteiger partial charge in [0, 0.05) is 38.3 Å². The van der Waals surface area contributed by atoms with Crippen LogP contribution in [0.5, 0.6) is 0 Å². The lowest BCUT2D eigenvalue weighted by molar-refractivity contribution is -0.132. The number of hydrogen-bond donors (Lipinski definition) is 1. The highest BCUT2D eigenvalue weighted by Gasteiger charge is 2.24. The molecule has 3 rings (SSSR count). The standard InChI is InChI=1S/C20H21ClFN3O2/c21-17-12-16(6-7-18(17)22)20(27)25(13-15-4-2-1-3-5-15)14-19(26)24-10-8-23-9-11-24/h1-7,12,23H,8-11,13-14H2. The van der Waals surface area contributed by atoms with E-state index in [1.54, 1.807) is 4.90 Å². The Labute approximate surface area is 162 Å². The summed E-state index contributed by atoms with van der Waals surface area (Å²) < 4.78 is 13.4. The number of rotatable bonds is 5. The summed E-state index contributed by atoms with van der Waals surface area (Å²) in [7, 11) is 0. The Morgan fingerprint density at radius 3 is 2.48 bits per heavy atom. The smallest absolute Gasteiger partial charge is 0.254 e. The molecule has 1 heterocycles. The monoisotopic (exact) mass is 389 g/mol. The molecule has 2 amide bonds. The molecule has 0 bridgehead atoms. The molecule has 7 heteroatoms. The van der Waals surface area contributed by atoms with Gasteiger partial charge in [-0.3, -0.25) is 9.59 Å². The highest BCUT2D eigenvalue weighted by molar-refractivity contribution is 6.31. The predicted molar refractivity (Wildman–Crippen MR) is 102 cm³/mol. The fourth-order valence-corrected chi connectivity index (χ4v) is 3.17. The Morgan fingerprint density at radius 1 is 1.11 bits per heavy atom. The van der Waals surface area contributed by atoms with E-state index >= 15 is 0 Å². The van der Waals surface area contributed by atoms with Crippen molar-refractivity contribution in [2.75, 3.05) is 32.7 Å². The number of carbonyl (C=O) groups excluding carboxylic acids is 2. The molecular weight excluding hydrogens is 369 g/mol. The van der Waals surface area contributed by atoms with Crippen LogP contribution in [0.15, 0.2) is 48.5 Å². The summed E-state index contributed by atoms with van der Waals surface area (Å²) in [5.74, 6) is -1.04. The zero-order valence-corrected chi connectivity index (χ0v) is 15.6. The second-order valence-corrected chi connectivity index (χ2v) is 6.81. The third-order valence-electron chi connectivity index (χ3n) is 4.47. The molecule has 1 aliphatic rings. The van der Waals surface area contributed by atoms with Crippen molar-refractivity contribution in [3.8, 4) is 0 Å². The first-order valence-electron chi connectivity index (χ1n) is 8.81. The van der Waals surface area contributed by atoms with Crippen LogP contribution < -0.4 is 5.32 Å². The lowest BCUT2D eigenvalue weighted by Gasteiger charge is -2.30. The van der Waals surface area contributed by atoms with Crippen LogP contribution in [0.25, 0.3) is 0 Å². The highest BCUT2D eigenvalue weighted by atomic mass is 35.5. The number of nitrogens with one attached hydrogen (secondary N) is 1. The van der Waals surface area contributed by atoms with Gasteiger partial charge >= 0.3 is 0 Å². The fourth-order valence-electron chi connectivity index (χ4n) is 2.99. The minimum atomic E-state index is -0.584. The van der Waals surface area contributed by atoms with Crippen molar-refractivity contribution < 1.29 is 14.0 Å². The molecule has 1 fully saturated rings. The zero-order valence-electron chi connectivity index (χ0n) is 14.8. The van der Waals surface area contributed by atoms with Crippen LogP contribution in [-0.2, 0) is 11.3 Å². The van der Waals surface area contributed by atoms with Crippen LogP contribution >= 0.6 is 11.6 Å². The fraction of sp³-hybridized carbons (Fsp3) is 0.300. The maximum Gasteiger partial charge on any atom is 0.254 e. The van der Waals surface area contributed by atoms with Crippen molar-refractivity contribution in [1.29, 1.82) is 0 Å². The Kier molecular flexibility index (Phi) is 6.42. The summed E-state index contributed by atoms with van der Waals surface area (Å²) in [6, 6.07) is 13.3. The van der Waals surface area contributed by atoms with Crippen LogP contribution in [0.4, 0.5) is 4.39 Å². The van der Waals surface area contributed by atoms with E-state index in [0.29, 0.717) is 13.1 Å². The third kappa shape index (κ3) is 5.05. The number of benzene rings is 2. The van der Waals surface area contributed by atoms with Crippen LogP contribution in [-0.4, -0.2) is 54.3 Å². The van der Waals surface area contributed by atoms with Gasteiger partial charge in [0.25, 0.3) is 5.91 Å². The summed E-state index contributed by atoms with van der Waals surface area (Å²) >= 11 is 5.82. The quantitative estimate of drug-likeness (QED) is 0.855. The van der Waals surface area contributed by atoms with Gasteiger partial charge < -0.3 is 15.1 Å². The maximum atomic E-state index is 13.4. The molecule has 1 aliphatic heterocycles. The number of nitrogens with zero attached hydrogens (tertiary/aromatic N) is 2. The van der Waals surface area contributed by atoms with E-state index < -0.39 is 5.82 Å². The molecule has 1 saturated heterocycles. The second kappa shape index (κ2) is 8.97. The van der Waals surface area contributed by atoms with Gasteiger partial charge in [0.1, 0.15) is 12.4 Å². The van der Waals surface area contributed by atoms with Crippen molar-refractivity contribution in [3.63, 3.8) is 0 Å². The Morgan fingerprint density at radius 2 is 1.81 bits per heavy atom. The van der Waals surface area contributed by atoms with Gasteiger partial charge in [-0.15, -0.1) is 0 Å². The van der Waals surface area contributed by atoms with E-state index in [1.165, 1.54) is 17.0 Å². The van der Waals surface area contributed by atoms with Crippen molar-refractivity contribution in [2.45, 2.75) is 6.54 Å². The van der Waals surface area contributed by atoms with Crippen LogP contribution in [0, 0.1) is 5.82 Å². The third-order valence-corrected chi connectivity index (χ3v) is 4.76. The number of halogens is 2. The molecule has 0 aromatic heterocycles. The average molecular weight is 390 g/mol. The maximum absolute atomic E-state index is 13.4. The van der Waals surface area contributed by atoms with Crippen molar-refractivity contribution >= 4 is 23.4 Å². The molecular formula is C20H21ClFN3O2. The van der Waals surface area contributed by atoms with E-state index in [0.717, 1.165) is 24.7 Å². The number of carbonyl (C=O) groups is 2. The molecule has 1 N–H and O–H groups in total. The lowest BCUT2D eigenvalue weighted by atomic mass is 10.1. The first-order chi connectivity index (χ1) is 13.0. The summed E-state index contributed by atoms with van der Waals surface area (Å²) in [5, 5.41) is 3.08. The normalized spacial score (nSPS) is 14.1. The molecule has 142 valence electrons. The molecule has 27 heavy (non-hydrogen) atoms. The molecule has 0 saturated carbocycles. The van der Waals surface area contributed by atoms with Crippen LogP contribution in [0.3, 0.4) is 0 Å². The molecule has 0 spiro atoms. The number of amides is 2. The molecule has 2 aromatic rings. The van der Waals surface area contributed by atoms with E-state index in [2.05, 4.69) is 5.32 Å². The van der Waals surface area contributed by atoms with E-state index in [1.807, 2.05) is 30.3 Å². The van der Waals surface area contributed by atoms with Crippen molar-refractivity contribution in [1.82, 2.24) is 15.1 Å². The van der Waals surface area contributed by atoms with Gasteiger partial charge in [0.2, 0.25) is 5.91 Å². The van der Waals surface area contributed by atoms with Gasteiger partial charge in [0.05, 0.1) is 5.02 Å². The van der Waals surface area contributed by atoms with Gasteiger partial charge in [-0.05, 0) is 23.8 Å². The minimum Gasteiger partial charge on any atom is -0.339 e. The molecule has 0 aliphatic carbocycles. The van der Waals surface area contributed by atoms with E-state index in [-0.39, 0.29) is 35.5 Å². The van der Waals surface area contributed by atoms with Gasteiger partial charge in [-0.1, -0.05) is 41.9 Å². The molecule has 0 unspecified atom stereocenters. The van der Waals surface area contributed by atoms with Crippen molar-refractivity contribution in [3.05, 3.63) is 70.5 Å². The average Bonchev–Trinajstić information content (AvgIpc) is 2.70. The van der Waals surface area contributed by atoms with E-state index in [4.69, 9.17) is 11.6 Å². The molecule has 2 aromatic carbocycles. The summed E-state index contributed by atoms with van der Waals surface area (Å²) in [6.45, 7) is 2.97. The summed E-state index contributed by atoms with van der Waals surface area (Å²) in [5.41, 5.74) is 1.16. The van der Waals surface area contributed by atoms with Crippen LogP contribution in [0.1, 0.15) is 15.9 Å². The largest absolute Gasteiger partial charge is 0.339 e. The minimum absolute atomic E-state index is 0.0390. The number of piperazine rings is 1. The van der Waals surface area contributed by atoms with Gasteiger partial charge in [-0.2, -0.15) is 0 Å². The van der Waals surface area contributed by atoms with Crippen molar-refractivity contribution in [2.24, 2.45) is 0 Å². The highest BCUT2D eigenvalue weighted by Crippen LogP contribution is 2.18. The predicted octanol–water partition coefficient (Wildman–Crippen LogP) is 2.55. The lowest BCUT2D eigenvalue weighted by Crippen LogP contribution is -2.50. The summed E-state index contributed by atoms with van der Waals surface area (Å²) in [4.78, 5) is 28.9. The Balaban J connectivity index is 1.80. The summed E-state index contributed by atoms with van der Waals surface area (Å²) in [6.07, 6.45) is 0. The van der Waals surface area contributed by atoms with E-state index in [9.17, 15) is 14.0 Å². The first-order valence-corrected chi connectivity index (χ1v) is 9.19. The first kappa shape index (κ1) is 19.3. The molecule has 5 nitrogen and oxygen atoms in total. The molecule has 0 atom stereocenters. The van der Waals surface area contributed by atoms with Gasteiger partial charge in [-0.25, -0.2) is 4.39 Å². The van der Waals surface area contributed by atoms with Gasteiger partial charge in [0.15, 0.2) is 0 Å². The number of hydrogen-bond acceptors (Lipinski definition) is 3. The Bertz CT molecular complexity index is 810. The van der Waals surface area contributed by atoms with Crippen LogP contribution in [0.2, 0.25) is 5.02 Å². The second-order valence-electron chi connectivity index (χ2n) is 6.41. The zero-order chi connectivity index (χ0) is 19.2. The Hall–Kier alpha value is -2.44. The molecule has 0 radical (unpaired) electrons. The topological polar surface area (TPSA) is 52.7 Å².